The predicted molar refractivity (Wildman–Crippen MR) is 86.1 cm³/mol. The van der Waals surface area contributed by atoms with E-state index < -0.39 is 0 Å². The number of hydrogen-bond donors (Lipinski definition) is 2. The molecule has 1 atom stereocenters. The van der Waals surface area contributed by atoms with Crippen molar-refractivity contribution in [1.82, 2.24) is 10.6 Å². The standard InChI is InChI=1S/C18H20N2O2/c21-18(19-11-10-14-6-2-1-3-7-14)20-16-12-15-8-4-5-9-17(15)22-13-16/h1-9,16H,10-13H2,(H2,19,20,21). The Morgan fingerprint density at radius 2 is 1.86 bits per heavy atom. The van der Waals surface area contributed by atoms with Gasteiger partial charge in [0.2, 0.25) is 0 Å². The molecule has 2 N–H and O–H groups in total. The number of carbonyl (C=O) groups excluding carboxylic acids is 1. The minimum absolute atomic E-state index is 0.0200. The van der Waals surface area contributed by atoms with Gasteiger partial charge in [-0.3, -0.25) is 0 Å². The Morgan fingerprint density at radius 1 is 1.09 bits per heavy atom. The van der Waals surface area contributed by atoms with Gasteiger partial charge < -0.3 is 15.4 Å². The van der Waals surface area contributed by atoms with E-state index in [9.17, 15) is 4.79 Å². The first kappa shape index (κ1) is 14.4. The van der Waals surface area contributed by atoms with Gasteiger partial charge >= 0.3 is 6.03 Å². The Hall–Kier alpha value is -2.49. The number of ether oxygens (including phenoxy) is 1. The lowest BCUT2D eigenvalue weighted by atomic mass is 10.0. The molecule has 2 aromatic carbocycles. The van der Waals surface area contributed by atoms with E-state index >= 15 is 0 Å². The van der Waals surface area contributed by atoms with Gasteiger partial charge in [-0.1, -0.05) is 48.5 Å². The van der Waals surface area contributed by atoms with Crippen molar-refractivity contribution in [3.05, 3.63) is 65.7 Å². The van der Waals surface area contributed by atoms with Crippen LogP contribution in [0.15, 0.2) is 54.6 Å². The first-order valence-corrected chi connectivity index (χ1v) is 7.60. The number of para-hydroxylation sites is 1. The number of nitrogens with one attached hydrogen (secondary N) is 2. The minimum Gasteiger partial charge on any atom is -0.491 e. The van der Waals surface area contributed by atoms with E-state index in [-0.39, 0.29) is 12.1 Å². The molecule has 1 unspecified atom stereocenters. The molecule has 22 heavy (non-hydrogen) atoms. The van der Waals surface area contributed by atoms with Crippen LogP contribution in [0, 0.1) is 0 Å². The molecule has 4 heteroatoms. The van der Waals surface area contributed by atoms with E-state index in [1.807, 2.05) is 42.5 Å². The highest BCUT2D eigenvalue weighted by Crippen LogP contribution is 2.23. The third kappa shape index (κ3) is 3.79. The maximum absolute atomic E-state index is 11.9. The Kier molecular flexibility index (Phi) is 4.59. The molecule has 1 aliphatic heterocycles. The quantitative estimate of drug-likeness (QED) is 0.911. The summed E-state index contributed by atoms with van der Waals surface area (Å²) in [4.78, 5) is 11.9. The second-order valence-corrected chi connectivity index (χ2v) is 5.46. The smallest absolute Gasteiger partial charge is 0.315 e. The highest BCUT2D eigenvalue weighted by atomic mass is 16.5. The normalized spacial score (nSPS) is 16.3. The first-order valence-electron chi connectivity index (χ1n) is 7.60. The molecule has 0 spiro atoms. The van der Waals surface area contributed by atoms with Crippen LogP contribution in [0.1, 0.15) is 11.1 Å². The Labute approximate surface area is 130 Å². The van der Waals surface area contributed by atoms with Gasteiger partial charge in [-0.15, -0.1) is 0 Å². The van der Waals surface area contributed by atoms with Crippen LogP contribution in [0.3, 0.4) is 0 Å². The summed E-state index contributed by atoms with van der Waals surface area (Å²) in [5.41, 5.74) is 2.36. The van der Waals surface area contributed by atoms with Crippen molar-refractivity contribution in [2.45, 2.75) is 18.9 Å². The second-order valence-electron chi connectivity index (χ2n) is 5.46. The molecule has 0 saturated heterocycles. The Balaban J connectivity index is 1.43. The lowest BCUT2D eigenvalue weighted by molar-refractivity contribution is 0.214. The van der Waals surface area contributed by atoms with Gasteiger partial charge in [0.05, 0.1) is 6.04 Å². The fourth-order valence-corrected chi connectivity index (χ4v) is 2.62. The molecular weight excluding hydrogens is 276 g/mol. The predicted octanol–water partition coefficient (Wildman–Crippen LogP) is 2.53. The van der Waals surface area contributed by atoms with Crippen LogP contribution < -0.4 is 15.4 Å². The molecule has 0 fully saturated rings. The zero-order valence-corrected chi connectivity index (χ0v) is 12.4. The van der Waals surface area contributed by atoms with Crippen LogP contribution >= 0.6 is 0 Å². The molecule has 3 rings (SSSR count). The topological polar surface area (TPSA) is 50.4 Å². The molecule has 0 radical (unpaired) electrons. The van der Waals surface area contributed by atoms with Crippen molar-refractivity contribution in [1.29, 1.82) is 0 Å². The number of hydrogen-bond acceptors (Lipinski definition) is 2. The molecule has 4 nitrogen and oxygen atoms in total. The number of amides is 2. The molecule has 0 aromatic heterocycles. The van der Waals surface area contributed by atoms with E-state index in [0.29, 0.717) is 13.2 Å². The highest BCUT2D eigenvalue weighted by Gasteiger charge is 2.20. The largest absolute Gasteiger partial charge is 0.491 e. The molecule has 2 aromatic rings. The van der Waals surface area contributed by atoms with E-state index in [4.69, 9.17) is 4.74 Å². The molecule has 1 heterocycles. The summed E-state index contributed by atoms with van der Waals surface area (Å²) >= 11 is 0. The second kappa shape index (κ2) is 6.98. The summed E-state index contributed by atoms with van der Waals surface area (Å²) in [7, 11) is 0. The van der Waals surface area contributed by atoms with Crippen molar-refractivity contribution in [3.63, 3.8) is 0 Å². The van der Waals surface area contributed by atoms with E-state index in [2.05, 4.69) is 22.8 Å². The first-order chi connectivity index (χ1) is 10.8. The molecule has 0 bridgehead atoms. The van der Waals surface area contributed by atoms with E-state index in [0.717, 1.165) is 24.2 Å². The molecule has 0 saturated carbocycles. The van der Waals surface area contributed by atoms with E-state index in [1.165, 1.54) is 5.56 Å². The summed E-state index contributed by atoms with van der Waals surface area (Å²) in [6, 6.07) is 18.0. The molecular formula is C18H20N2O2. The van der Waals surface area contributed by atoms with Gasteiger partial charge in [-0.2, -0.15) is 0 Å². The number of rotatable bonds is 4. The maximum Gasteiger partial charge on any atom is 0.315 e. The van der Waals surface area contributed by atoms with Gasteiger partial charge in [0.15, 0.2) is 0 Å². The Bertz CT molecular complexity index is 628. The fourth-order valence-electron chi connectivity index (χ4n) is 2.62. The monoisotopic (exact) mass is 296 g/mol. The fraction of sp³-hybridized carbons (Fsp3) is 0.278. The molecule has 0 aliphatic carbocycles. The van der Waals surface area contributed by atoms with Gasteiger partial charge in [0.1, 0.15) is 12.4 Å². The van der Waals surface area contributed by atoms with Crippen LogP contribution in [-0.4, -0.2) is 25.2 Å². The average Bonchev–Trinajstić information content (AvgIpc) is 2.56. The Morgan fingerprint density at radius 3 is 2.73 bits per heavy atom. The SMILES string of the molecule is O=C(NCCc1ccccc1)NC1COc2ccccc2C1. The third-order valence-electron chi connectivity index (χ3n) is 3.76. The highest BCUT2D eigenvalue weighted by molar-refractivity contribution is 5.74. The van der Waals surface area contributed by atoms with Gasteiger partial charge in [-0.25, -0.2) is 4.79 Å². The van der Waals surface area contributed by atoms with Crippen LogP contribution in [0.5, 0.6) is 5.75 Å². The van der Waals surface area contributed by atoms with Crippen LogP contribution in [0.4, 0.5) is 4.79 Å². The van der Waals surface area contributed by atoms with Crippen LogP contribution in [-0.2, 0) is 12.8 Å². The molecule has 1 aliphatic rings. The van der Waals surface area contributed by atoms with Crippen molar-refractivity contribution in [3.8, 4) is 5.75 Å². The van der Waals surface area contributed by atoms with Crippen molar-refractivity contribution < 1.29 is 9.53 Å². The van der Waals surface area contributed by atoms with Gasteiger partial charge in [-0.05, 0) is 30.0 Å². The molecule has 2 amide bonds. The summed E-state index contributed by atoms with van der Waals surface area (Å²) in [5, 5.41) is 5.87. The maximum atomic E-state index is 11.9. The lowest BCUT2D eigenvalue weighted by Gasteiger charge is -2.26. The van der Waals surface area contributed by atoms with Crippen molar-refractivity contribution in [2.75, 3.05) is 13.2 Å². The lowest BCUT2D eigenvalue weighted by Crippen LogP contribution is -2.47. The number of benzene rings is 2. The minimum atomic E-state index is -0.135. The summed E-state index contributed by atoms with van der Waals surface area (Å²) in [6.07, 6.45) is 1.64. The van der Waals surface area contributed by atoms with Crippen LogP contribution in [0.2, 0.25) is 0 Å². The van der Waals surface area contributed by atoms with Crippen molar-refractivity contribution >= 4 is 6.03 Å². The van der Waals surface area contributed by atoms with Crippen LogP contribution in [0.25, 0.3) is 0 Å². The summed E-state index contributed by atoms with van der Waals surface area (Å²) < 4.78 is 5.67. The summed E-state index contributed by atoms with van der Waals surface area (Å²) in [6.45, 7) is 1.14. The number of fused-ring (bicyclic) bond motifs is 1. The van der Waals surface area contributed by atoms with Gasteiger partial charge in [0.25, 0.3) is 0 Å². The summed E-state index contributed by atoms with van der Waals surface area (Å²) in [5.74, 6) is 0.921. The zero-order valence-electron chi connectivity index (χ0n) is 12.4. The number of urea groups is 1. The average molecular weight is 296 g/mol. The van der Waals surface area contributed by atoms with E-state index in [1.54, 1.807) is 0 Å². The molecule has 114 valence electrons. The van der Waals surface area contributed by atoms with Crippen molar-refractivity contribution in [2.24, 2.45) is 0 Å². The van der Waals surface area contributed by atoms with Gasteiger partial charge in [0, 0.05) is 6.54 Å². The third-order valence-corrected chi connectivity index (χ3v) is 3.76. The number of carbonyl (C=O) groups is 1. The zero-order chi connectivity index (χ0) is 15.2.